The summed E-state index contributed by atoms with van der Waals surface area (Å²) in [5.41, 5.74) is 2.55. The van der Waals surface area contributed by atoms with E-state index in [9.17, 15) is 9.59 Å². The maximum atomic E-state index is 13.0. The summed E-state index contributed by atoms with van der Waals surface area (Å²) in [7, 11) is 0. The number of rotatable bonds is 5. The van der Waals surface area contributed by atoms with Crippen LogP contribution in [-0.4, -0.2) is 60.9 Å². The van der Waals surface area contributed by atoms with Gasteiger partial charge in [0.15, 0.2) is 0 Å². The Morgan fingerprint density at radius 3 is 1.93 bits per heavy atom. The van der Waals surface area contributed by atoms with Crippen LogP contribution in [-0.2, 0) is 0 Å². The van der Waals surface area contributed by atoms with Crippen LogP contribution in [0.15, 0.2) is 66.7 Å². The van der Waals surface area contributed by atoms with Crippen molar-refractivity contribution in [2.75, 3.05) is 44.2 Å². The highest BCUT2D eigenvalue weighted by Gasteiger charge is 2.32. The molecule has 0 N–H and O–H groups in total. The molecule has 5 rings (SSSR count). The molecule has 3 aromatic carbocycles. The molecule has 1 saturated heterocycles. The Balaban J connectivity index is 1.20. The average molecular weight is 399 g/mol. The summed E-state index contributed by atoms with van der Waals surface area (Å²) in [4.78, 5) is 32.2. The van der Waals surface area contributed by atoms with Crippen LogP contribution >= 0.6 is 0 Å². The van der Waals surface area contributed by atoms with Crippen LogP contribution in [0.5, 0.6) is 0 Å². The fraction of sp³-hybridized carbons (Fsp3) is 0.280. The number of nitrogens with zero attached hydrogens (tertiary/aromatic N) is 3. The van der Waals surface area contributed by atoms with E-state index in [1.54, 1.807) is 0 Å². The summed E-state index contributed by atoms with van der Waals surface area (Å²) in [6.07, 6.45) is 0.793. The predicted molar refractivity (Wildman–Crippen MR) is 119 cm³/mol. The van der Waals surface area contributed by atoms with Gasteiger partial charge in [0.2, 0.25) is 0 Å². The van der Waals surface area contributed by atoms with Gasteiger partial charge in [-0.05, 0) is 42.6 Å². The lowest BCUT2D eigenvalue weighted by Gasteiger charge is -2.36. The minimum atomic E-state index is -0.168. The molecule has 0 unspecified atom stereocenters. The summed E-state index contributed by atoms with van der Waals surface area (Å²) < 4.78 is 0. The normalized spacial score (nSPS) is 17.1. The third-order valence-electron chi connectivity index (χ3n) is 6.21. The highest BCUT2D eigenvalue weighted by molar-refractivity contribution is 6.25. The monoisotopic (exact) mass is 399 g/mol. The molecule has 5 nitrogen and oxygen atoms in total. The molecule has 0 saturated carbocycles. The molecule has 2 amide bonds. The molecule has 2 aliphatic heterocycles. The molecule has 0 atom stereocenters. The van der Waals surface area contributed by atoms with E-state index in [1.807, 2.05) is 42.5 Å². The van der Waals surface area contributed by atoms with Crippen LogP contribution < -0.4 is 4.90 Å². The zero-order chi connectivity index (χ0) is 20.5. The first kappa shape index (κ1) is 18.8. The number of benzene rings is 3. The zero-order valence-electron chi connectivity index (χ0n) is 17.0. The number of anilines is 1. The largest absolute Gasteiger partial charge is 0.369 e. The average Bonchev–Trinajstić information content (AvgIpc) is 2.80. The predicted octanol–water partition coefficient (Wildman–Crippen LogP) is 3.65. The summed E-state index contributed by atoms with van der Waals surface area (Å²) in [5.74, 6) is -0.337. The number of hydrogen-bond acceptors (Lipinski definition) is 4. The number of carbonyl (C=O) groups is 2. The summed E-state index contributed by atoms with van der Waals surface area (Å²) in [6.45, 7) is 5.35. The van der Waals surface area contributed by atoms with Crippen molar-refractivity contribution in [3.63, 3.8) is 0 Å². The van der Waals surface area contributed by atoms with Gasteiger partial charge in [-0.3, -0.25) is 19.4 Å². The summed E-state index contributed by atoms with van der Waals surface area (Å²) in [5, 5.41) is 1.74. The van der Waals surface area contributed by atoms with Crippen LogP contribution in [0.1, 0.15) is 27.1 Å². The second-order valence-corrected chi connectivity index (χ2v) is 7.99. The number of imide groups is 1. The molecule has 0 aromatic heterocycles. The Morgan fingerprint density at radius 1 is 0.667 bits per heavy atom. The van der Waals surface area contributed by atoms with Gasteiger partial charge in [-0.1, -0.05) is 42.5 Å². The van der Waals surface area contributed by atoms with Crippen LogP contribution in [0.25, 0.3) is 10.8 Å². The smallest absolute Gasteiger partial charge is 0.261 e. The molecule has 0 radical (unpaired) electrons. The topological polar surface area (TPSA) is 43.9 Å². The van der Waals surface area contributed by atoms with Gasteiger partial charge in [0.1, 0.15) is 0 Å². The van der Waals surface area contributed by atoms with Gasteiger partial charge in [0, 0.05) is 54.9 Å². The highest BCUT2D eigenvalue weighted by atomic mass is 16.2. The minimum Gasteiger partial charge on any atom is -0.369 e. The zero-order valence-corrected chi connectivity index (χ0v) is 17.0. The van der Waals surface area contributed by atoms with Gasteiger partial charge in [0.05, 0.1) is 0 Å². The van der Waals surface area contributed by atoms with Gasteiger partial charge in [-0.2, -0.15) is 0 Å². The molecular formula is C25H25N3O2. The van der Waals surface area contributed by atoms with E-state index >= 15 is 0 Å². The van der Waals surface area contributed by atoms with Gasteiger partial charge in [0.25, 0.3) is 11.8 Å². The van der Waals surface area contributed by atoms with Crippen molar-refractivity contribution in [2.24, 2.45) is 0 Å². The molecule has 152 valence electrons. The van der Waals surface area contributed by atoms with E-state index in [0.717, 1.165) is 49.9 Å². The second kappa shape index (κ2) is 7.92. The van der Waals surface area contributed by atoms with Crippen molar-refractivity contribution in [2.45, 2.75) is 6.42 Å². The van der Waals surface area contributed by atoms with E-state index in [0.29, 0.717) is 17.7 Å². The Labute approximate surface area is 176 Å². The quantitative estimate of drug-likeness (QED) is 0.615. The van der Waals surface area contributed by atoms with E-state index < -0.39 is 0 Å². The molecule has 0 spiro atoms. The second-order valence-electron chi connectivity index (χ2n) is 7.99. The van der Waals surface area contributed by atoms with Crippen molar-refractivity contribution in [3.8, 4) is 0 Å². The highest BCUT2D eigenvalue weighted by Crippen LogP contribution is 2.30. The van der Waals surface area contributed by atoms with Gasteiger partial charge < -0.3 is 4.90 Å². The number of piperazine rings is 1. The Kier molecular flexibility index (Phi) is 4.97. The first-order valence-electron chi connectivity index (χ1n) is 10.6. The van der Waals surface area contributed by atoms with Crippen molar-refractivity contribution in [3.05, 3.63) is 77.9 Å². The van der Waals surface area contributed by atoms with E-state index in [-0.39, 0.29) is 11.8 Å². The molecule has 0 bridgehead atoms. The molecule has 1 fully saturated rings. The molecule has 5 heteroatoms. The molecule has 0 aliphatic carbocycles. The lowest BCUT2D eigenvalue weighted by Crippen LogP contribution is -2.47. The van der Waals surface area contributed by atoms with E-state index in [2.05, 4.69) is 34.1 Å². The maximum Gasteiger partial charge on any atom is 0.261 e. The molecular weight excluding hydrogens is 374 g/mol. The number of amides is 2. The third-order valence-corrected chi connectivity index (χ3v) is 6.21. The van der Waals surface area contributed by atoms with Crippen LogP contribution in [0.4, 0.5) is 5.69 Å². The molecule has 3 aromatic rings. The van der Waals surface area contributed by atoms with Crippen molar-refractivity contribution in [1.82, 2.24) is 9.80 Å². The third kappa shape index (κ3) is 3.35. The SMILES string of the molecule is O=C1c2cccc3cccc(c23)C(=O)N1CCCN1CCN(c2ccccc2)CC1. The fourth-order valence-corrected chi connectivity index (χ4v) is 4.60. The number of hydrogen-bond donors (Lipinski definition) is 0. The summed E-state index contributed by atoms with van der Waals surface area (Å²) >= 11 is 0. The van der Waals surface area contributed by atoms with Crippen molar-refractivity contribution < 1.29 is 9.59 Å². The molecule has 30 heavy (non-hydrogen) atoms. The molecule has 2 aliphatic rings. The summed E-state index contributed by atoms with van der Waals surface area (Å²) in [6, 6.07) is 21.8. The fourth-order valence-electron chi connectivity index (χ4n) is 4.60. The first-order chi connectivity index (χ1) is 14.7. The van der Waals surface area contributed by atoms with E-state index in [1.165, 1.54) is 10.6 Å². The van der Waals surface area contributed by atoms with Crippen LogP contribution in [0, 0.1) is 0 Å². The van der Waals surface area contributed by atoms with Crippen molar-refractivity contribution in [1.29, 1.82) is 0 Å². The van der Waals surface area contributed by atoms with Gasteiger partial charge in [-0.25, -0.2) is 0 Å². The maximum absolute atomic E-state index is 13.0. The number of para-hydroxylation sites is 1. The van der Waals surface area contributed by atoms with Crippen molar-refractivity contribution >= 4 is 28.3 Å². The Morgan fingerprint density at radius 2 is 1.30 bits per heavy atom. The Bertz CT molecular complexity index is 1040. The molecule has 2 heterocycles. The first-order valence-corrected chi connectivity index (χ1v) is 10.6. The van der Waals surface area contributed by atoms with Crippen LogP contribution in [0.2, 0.25) is 0 Å². The lowest BCUT2D eigenvalue weighted by atomic mass is 9.94. The standard InChI is InChI=1S/C25H25N3O2/c29-24-21-11-4-7-19-8-5-12-22(23(19)21)25(30)28(24)14-6-13-26-15-17-27(18-16-26)20-9-2-1-3-10-20/h1-5,7-12H,6,13-18H2. The Hall–Kier alpha value is -3.18. The van der Waals surface area contributed by atoms with E-state index in [4.69, 9.17) is 0 Å². The number of carbonyl (C=O) groups excluding carboxylic acids is 2. The minimum absolute atomic E-state index is 0.168. The van der Waals surface area contributed by atoms with Crippen LogP contribution in [0.3, 0.4) is 0 Å². The van der Waals surface area contributed by atoms with Gasteiger partial charge >= 0.3 is 0 Å². The lowest BCUT2D eigenvalue weighted by molar-refractivity contribution is 0.0603. The van der Waals surface area contributed by atoms with Gasteiger partial charge in [-0.15, -0.1) is 0 Å².